The smallest absolute Gasteiger partial charge is 0.224 e. The van der Waals surface area contributed by atoms with Crippen LogP contribution >= 0.6 is 0 Å². The maximum Gasteiger partial charge on any atom is 0.224 e. The van der Waals surface area contributed by atoms with Crippen molar-refractivity contribution in [2.75, 3.05) is 6.54 Å². The molecule has 3 N–H and O–H groups in total. The number of hydrogen-bond acceptors (Lipinski definition) is 3. The molecule has 0 aromatic heterocycles. The van der Waals surface area contributed by atoms with Crippen molar-refractivity contribution in [2.24, 2.45) is 0 Å². The summed E-state index contributed by atoms with van der Waals surface area (Å²) in [6.45, 7) is 4.21. The summed E-state index contributed by atoms with van der Waals surface area (Å²) in [5.74, 6) is -1.60. The minimum Gasteiger partial charge on any atom is -0.390 e. The molecule has 6 heteroatoms. The molecule has 2 aromatic carbocycles. The minimum absolute atomic E-state index is 0.125. The van der Waals surface area contributed by atoms with Crippen LogP contribution in [0.2, 0.25) is 0 Å². The normalized spacial score (nSPS) is 17.5. The van der Waals surface area contributed by atoms with Crippen LogP contribution in [0.3, 0.4) is 0 Å². The fourth-order valence-electron chi connectivity index (χ4n) is 4.44. The van der Waals surface area contributed by atoms with Crippen LogP contribution in [0.4, 0.5) is 8.78 Å². The molecule has 2 aromatic rings. The second-order valence-electron chi connectivity index (χ2n) is 8.74. The minimum atomic E-state index is -0.925. The summed E-state index contributed by atoms with van der Waals surface area (Å²) in [4.78, 5) is 12.3. The summed E-state index contributed by atoms with van der Waals surface area (Å²) in [6.07, 6.45) is 6.94. The van der Waals surface area contributed by atoms with Gasteiger partial charge in [0, 0.05) is 25.1 Å². The van der Waals surface area contributed by atoms with Crippen molar-refractivity contribution in [3.8, 4) is 0 Å². The van der Waals surface area contributed by atoms with E-state index in [0.29, 0.717) is 5.56 Å². The Morgan fingerprint density at radius 2 is 1.94 bits per heavy atom. The second kappa shape index (κ2) is 12.1. The molecule has 33 heavy (non-hydrogen) atoms. The molecular weight excluding hydrogens is 422 g/mol. The van der Waals surface area contributed by atoms with E-state index in [1.165, 1.54) is 28.8 Å². The Kier molecular flexibility index (Phi) is 9.15. The average molecular weight is 457 g/mol. The standard InChI is InChI=1S/C27H34F2N2O2/c1-3-5-9-27(33)31-25(15-19-12-21(28)16-22(29)13-19)26(32)17-30-24-8-6-7-20-11-10-18(4-2)14-23(20)24/h3,5,10-14,16,24-26,30,32H,4,6-9,15,17H2,1-2H3,(H,31,33)/t24-,25-,26+/m0/s1. The quantitative estimate of drug-likeness (QED) is 0.460. The van der Waals surface area contributed by atoms with Crippen LogP contribution in [0, 0.1) is 11.6 Å². The monoisotopic (exact) mass is 456 g/mol. The van der Waals surface area contributed by atoms with Crippen molar-refractivity contribution in [1.82, 2.24) is 10.6 Å². The van der Waals surface area contributed by atoms with Gasteiger partial charge in [0.2, 0.25) is 5.91 Å². The van der Waals surface area contributed by atoms with Gasteiger partial charge in [-0.3, -0.25) is 4.79 Å². The highest BCUT2D eigenvalue weighted by molar-refractivity contribution is 5.77. The number of aliphatic hydroxyl groups is 1. The number of aryl methyl sites for hydroxylation is 2. The maximum atomic E-state index is 13.7. The van der Waals surface area contributed by atoms with Gasteiger partial charge in [0.05, 0.1) is 12.1 Å². The first kappa shape index (κ1) is 25.1. The van der Waals surface area contributed by atoms with Gasteiger partial charge in [-0.1, -0.05) is 37.3 Å². The molecule has 1 aliphatic rings. The predicted molar refractivity (Wildman–Crippen MR) is 127 cm³/mol. The lowest BCUT2D eigenvalue weighted by Crippen LogP contribution is -2.49. The number of nitrogens with one attached hydrogen (secondary N) is 2. The van der Waals surface area contributed by atoms with Crippen molar-refractivity contribution in [1.29, 1.82) is 0 Å². The Labute approximate surface area is 195 Å². The Hall–Kier alpha value is -2.57. The van der Waals surface area contributed by atoms with Crippen molar-refractivity contribution < 1.29 is 18.7 Å². The van der Waals surface area contributed by atoms with Crippen molar-refractivity contribution in [3.63, 3.8) is 0 Å². The molecule has 3 atom stereocenters. The van der Waals surface area contributed by atoms with E-state index in [-0.39, 0.29) is 31.3 Å². The van der Waals surface area contributed by atoms with Gasteiger partial charge in [-0.25, -0.2) is 8.78 Å². The van der Waals surface area contributed by atoms with Crippen LogP contribution in [0.15, 0.2) is 48.6 Å². The van der Waals surface area contributed by atoms with Crippen LogP contribution in [-0.2, 0) is 24.1 Å². The van der Waals surface area contributed by atoms with Crippen molar-refractivity contribution >= 4 is 5.91 Å². The number of hydrogen-bond donors (Lipinski definition) is 3. The first-order valence-electron chi connectivity index (χ1n) is 11.8. The third-order valence-electron chi connectivity index (χ3n) is 6.23. The molecule has 1 amide bonds. The predicted octanol–water partition coefficient (Wildman–Crippen LogP) is 4.55. The van der Waals surface area contributed by atoms with Crippen LogP contribution in [0.5, 0.6) is 0 Å². The van der Waals surface area contributed by atoms with E-state index in [4.69, 9.17) is 0 Å². The molecule has 0 saturated carbocycles. The third-order valence-corrected chi connectivity index (χ3v) is 6.23. The highest BCUT2D eigenvalue weighted by Crippen LogP contribution is 2.30. The number of amides is 1. The molecule has 178 valence electrons. The highest BCUT2D eigenvalue weighted by Gasteiger charge is 2.25. The summed E-state index contributed by atoms with van der Waals surface area (Å²) < 4.78 is 27.4. The molecule has 3 rings (SSSR count). The third kappa shape index (κ3) is 7.21. The number of halogens is 2. The zero-order valence-electron chi connectivity index (χ0n) is 19.4. The number of allylic oxidation sites excluding steroid dienone is 1. The molecule has 0 bridgehead atoms. The summed E-state index contributed by atoms with van der Waals surface area (Å²) in [5, 5.41) is 17.3. The SMILES string of the molecule is CC=CCC(=O)N[C@@H](Cc1cc(F)cc(F)c1)[C@H](O)CN[C@H]1CCCc2ccc(CC)cc21. The van der Waals surface area contributed by atoms with Crippen LogP contribution in [-0.4, -0.2) is 29.7 Å². The summed E-state index contributed by atoms with van der Waals surface area (Å²) in [7, 11) is 0. The number of carbonyl (C=O) groups is 1. The number of benzene rings is 2. The number of aliphatic hydroxyl groups excluding tert-OH is 1. The molecule has 0 heterocycles. The Morgan fingerprint density at radius 1 is 1.18 bits per heavy atom. The van der Waals surface area contributed by atoms with Gasteiger partial charge in [-0.2, -0.15) is 0 Å². The van der Waals surface area contributed by atoms with Crippen LogP contribution in [0.1, 0.15) is 61.4 Å². The molecule has 0 unspecified atom stereocenters. The van der Waals surface area contributed by atoms with E-state index in [2.05, 4.69) is 35.8 Å². The summed E-state index contributed by atoms with van der Waals surface area (Å²) >= 11 is 0. The summed E-state index contributed by atoms with van der Waals surface area (Å²) in [6, 6.07) is 9.33. The van der Waals surface area contributed by atoms with Crippen LogP contribution < -0.4 is 10.6 Å². The van der Waals surface area contributed by atoms with Gasteiger partial charge >= 0.3 is 0 Å². The molecule has 4 nitrogen and oxygen atoms in total. The maximum absolute atomic E-state index is 13.7. The fourth-order valence-corrected chi connectivity index (χ4v) is 4.44. The Balaban J connectivity index is 1.72. The van der Waals surface area contributed by atoms with Gasteiger partial charge in [-0.05, 0) is 73.4 Å². The van der Waals surface area contributed by atoms with Gasteiger partial charge in [0.25, 0.3) is 0 Å². The lowest BCUT2D eigenvalue weighted by atomic mass is 9.86. The van der Waals surface area contributed by atoms with Gasteiger partial charge < -0.3 is 15.7 Å². The van der Waals surface area contributed by atoms with E-state index in [1.54, 1.807) is 12.2 Å². The van der Waals surface area contributed by atoms with E-state index >= 15 is 0 Å². The zero-order valence-corrected chi connectivity index (χ0v) is 19.4. The lowest BCUT2D eigenvalue weighted by molar-refractivity contribution is -0.121. The summed E-state index contributed by atoms with van der Waals surface area (Å²) in [5.41, 5.74) is 4.27. The fraction of sp³-hybridized carbons (Fsp3) is 0.444. The van der Waals surface area contributed by atoms with Gasteiger partial charge in [0.1, 0.15) is 11.6 Å². The molecule has 1 aliphatic carbocycles. The first-order chi connectivity index (χ1) is 15.9. The molecular formula is C27H34F2N2O2. The molecule has 0 aliphatic heterocycles. The topological polar surface area (TPSA) is 61.4 Å². The number of rotatable bonds is 10. The average Bonchev–Trinajstić information content (AvgIpc) is 2.79. The second-order valence-corrected chi connectivity index (χ2v) is 8.74. The number of carbonyl (C=O) groups excluding carboxylic acids is 1. The Bertz CT molecular complexity index is 956. The van der Waals surface area contributed by atoms with E-state index in [1.807, 2.05) is 6.92 Å². The van der Waals surface area contributed by atoms with Crippen LogP contribution in [0.25, 0.3) is 0 Å². The van der Waals surface area contributed by atoms with Gasteiger partial charge in [-0.15, -0.1) is 0 Å². The molecule has 0 saturated heterocycles. The van der Waals surface area contributed by atoms with E-state index in [0.717, 1.165) is 31.7 Å². The molecule has 0 fully saturated rings. The van der Waals surface area contributed by atoms with E-state index in [9.17, 15) is 18.7 Å². The molecule has 0 radical (unpaired) electrons. The Morgan fingerprint density at radius 3 is 2.64 bits per heavy atom. The highest BCUT2D eigenvalue weighted by atomic mass is 19.1. The van der Waals surface area contributed by atoms with Gasteiger partial charge in [0.15, 0.2) is 0 Å². The zero-order chi connectivity index (χ0) is 23.8. The molecule has 0 spiro atoms. The van der Waals surface area contributed by atoms with Crippen molar-refractivity contribution in [2.45, 2.75) is 70.6 Å². The largest absolute Gasteiger partial charge is 0.390 e. The van der Waals surface area contributed by atoms with Crippen molar-refractivity contribution in [3.05, 3.63) is 82.4 Å². The first-order valence-corrected chi connectivity index (χ1v) is 11.8. The van der Waals surface area contributed by atoms with E-state index < -0.39 is 23.8 Å². The number of fused-ring (bicyclic) bond motifs is 1. The lowest BCUT2D eigenvalue weighted by Gasteiger charge is -2.30.